The molecule has 3 aromatic carbocycles. The Balaban J connectivity index is 1.42. The molecule has 36 heavy (non-hydrogen) atoms. The van der Waals surface area contributed by atoms with Crippen LogP contribution in [0.4, 0.5) is 17.6 Å². The van der Waals surface area contributed by atoms with Crippen LogP contribution in [-0.4, -0.2) is 16.3 Å². The van der Waals surface area contributed by atoms with Gasteiger partial charge in [0.05, 0.1) is 6.10 Å². The van der Waals surface area contributed by atoms with Crippen molar-refractivity contribution in [2.75, 3.05) is 0 Å². The molecule has 1 aliphatic carbocycles. The minimum atomic E-state index is -1.30. The Morgan fingerprint density at radius 1 is 0.833 bits per heavy atom. The number of rotatable bonds is 8. The molecule has 2 N–H and O–H groups in total. The van der Waals surface area contributed by atoms with Gasteiger partial charge in [-0.15, -0.1) is 0 Å². The van der Waals surface area contributed by atoms with Crippen molar-refractivity contribution in [2.45, 2.75) is 58.0 Å². The molecule has 3 aromatic rings. The summed E-state index contributed by atoms with van der Waals surface area (Å²) in [4.78, 5) is 0. The minimum absolute atomic E-state index is 0.0313. The van der Waals surface area contributed by atoms with E-state index in [9.17, 15) is 27.8 Å². The zero-order chi connectivity index (χ0) is 25.8. The summed E-state index contributed by atoms with van der Waals surface area (Å²) in [6.45, 7) is 2.03. The first-order chi connectivity index (χ1) is 17.3. The molecule has 0 heterocycles. The SMILES string of the molecule is CCCC(O)C1CC=C(c2ccc(CCc3ccc(-c4ccc(O)c(F)c4F)cc3)c(F)c2F)CC1. The van der Waals surface area contributed by atoms with Gasteiger partial charge in [0.25, 0.3) is 0 Å². The maximum atomic E-state index is 14.9. The Morgan fingerprint density at radius 3 is 2.19 bits per heavy atom. The number of phenols is 1. The van der Waals surface area contributed by atoms with Gasteiger partial charge < -0.3 is 10.2 Å². The van der Waals surface area contributed by atoms with Crippen LogP contribution in [-0.2, 0) is 12.8 Å². The predicted octanol–water partition coefficient (Wildman–Crippen LogP) is 7.75. The van der Waals surface area contributed by atoms with E-state index in [-0.39, 0.29) is 35.1 Å². The third-order valence-electron chi connectivity index (χ3n) is 7.10. The van der Waals surface area contributed by atoms with Gasteiger partial charge in [-0.25, -0.2) is 13.2 Å². The molecule has 2 atom stereocenters. The number of halogens is 4. The Kier molecular flexibility index (Phi) is 8.14. The molecule has 190 valence electrons. The van der Waals surface area contributed by atoms with E-state index >= 15 is 0 Å². The summed E-state index contributed by atoms with van der Waals surface area (Å²) in [5, 5.41) is 19.5. The Hall–Kier alpha value is -3.12. The molecule has 0 spiro atoms. The first-order valence-electron chi connectivity index (χ1n) is 12.4. The van der Waals surface area contributed by atoms with Crippen molar-refractivity contribution < 1.29 is 27.8 Å². The molecule has 0 amide bonds. The van der Waals surface area contributed by atoms with Crippen LogP contribution in [0.5, 0.6) is 5.75 Å². The van der Waals surface area contributed by atoms with Crippen molar-refractivity contribution >= 4 is 5.57 Å². The number of benzene rings is 3. The predicted molar refractivity (Wildman–Crippen MR) is 133 cm³/mol. The largest absolute Gasteiger partial charge is 0.505 e. The van der Waals surface area contributed by atoms with Gasteiger partial charge in [-0.3, -0.25) is 0 Å². The molecule has 2 unspecified atom stereocenters. The van der Waals surface area contributed by atoms with Crippen LogP contribution in [0.1, 0.15) is 55.7 Å². The maximum absolute atomic E-state index is 14.9. The number of allylic oxidation sites excluding steroid dienone is 2. The van der Waals surface area contributed by atoms with Crippen LogP contribution in [0.3, 0.4) is 0 Å². The van der Waals surface area contributed by atoms with E-state index in [0.29, 0.717) is 24.8 Å². The van der Waals surface area contributed by atoms with Crippen molar-refractivity contribution in [1.82, 2.24) is 0 Å². The standard InChI is InChI=1S/C30H30F4O2/c1-2-3-25(35)21-12-10-20(11-13-21)23-15-14-22(27(31)28(23)32)9-6-18-4-7-19(8-5-18)24-16-17-26(36)30(34)29(24)33/h4-5,7-8,10,14-17,21,25,35-36H,2-3,6,9,11-13H2,1H3. The zero-order valence-corrected chi connectivity index (χ0v) is 20.2. The Morgan fingerprint density at radius 2 is 1.53 bits per heavy atom. The molecule has 6 heteroatoms. The summed E-state index contributed by atoms with van der Waals surface area (Å²) in [7, 11) is 0. The highest BCUT2D eigenvalue weighted by molar-refractivity contribution is 5.67. The minimum Gasteiger partial charge on any atom is -0.505 e. The summed E-state index contributed by atoms with van der Waals surface area (Å²) in [5.74, 6) is -4.69. The van der Waals surface area contributed by atoms with Gasteiger partial charge in [0, 0.05) is 11.1 Å². The van der Waals surface area contributed by atoms with Crippen molar-refractivity contribution in [3.63, 3.8) is 0 Å². The summed E-state index contributed by atoms with van der Waals surface area (Å²) in [6, 6.07) is 12.4. The summed E-state index contributed by atoms with van der Waals surface area (Å²) >= 11 is 0. The number of hydrogen-bond acceptors (Lipinski definition) is 2. The second-order valence-electron chi connectivity index (χ2n) is 9.48. The fourth-order valence-electron chi connectivity index (χ4n) is 4.90. The first kappa shape index (κ1) is 26.0. The van der Waals surface area contributed by atoms with Gasteiger partial charge in [-0.2, -0.15) is 4.39 Å². The molecule has 0 saturated heterocycles. The highest BCUT2D eigenvalue weighted by Gasteiger charge is 2.24. The van der Waals surface area contributed by atoms with Crippen molar-refractivity contribution in [2.24, 2.45) is 5.92 Å². The molecular weight excluding hydrogens is 468 g/mol. The highest BCUT2D eigenvalue weighted by atomic mass is 19.2. The van der Waals surface area contributed by atoms with Crippen LogP contribution >= 0.6 is 0 Å². The Labute approximate surface area is 208 Å². The number of hydrogen-bond donors (Lipinski definition) is 2. The number of phenolic OH excluding ortho intramolecular Hbond substituents is 1. The van der Waals surface area contributed by atoms with E-state index in [4.69, 9.17) is 0 Å². The second kappa shape index (κ2) is 11.3. The second-order valence-corrected chi connectivity index (χ2v) is 9.48. The number of aromatic hydroxyl groups is 1. The maximum Gasteiger partial charge on any atom is 0.200 e. The zero-order valence-electron chi connectivity index (χ0n) is 20.2. The topological polar surface area (TPSA) is 40.5 Å². The molecule has 2 nitrogen and oxygen atoms in total. The number of aryl methyl sites for hydroxylation is 2. The van der Waals surface area contributed by atoms with Gasteiger partial charge in [0.15, 0.2) is 23.2 Å². The average molecular weight is 499 g/mol. The third kappa shape index (κ3) is 5.49. The van der Waals surface area contributed by atoms with E-state index in [0.717, 1.165) is 36.5 Å². The van der Waals surface area contributed by atoms with E-state index in [2.05, 4.69) is 0 Å². The van der Waals surface area contributed by atoms with Gasteiger partial charge in [-0.1, -0.05) is 55.8 Å². The molecule has 0 radical (unpaired) electrons. The van der Waals surface area contributed by atoms with E-state index in [1.54, 1.807) is 36.4 Å². The lowest BCUT2D eigenvalue weighted by molar-refractivity contribution is 0.0934. The van der Waals surface area contributed by atoms with Gasteiger partial charge in [0.2, 0.25) is 5.82 Å². The van der Waals surface area contributed by atoms with Crippen LogP contribution in [0.2, 0.25) is 0 Å². The number of aliphatic hydroxyl groups excluding tert-OH is 1. The summed E-state index contributed by atoms with van der Waals surface area (Å²) < 4.78 is 57.6. The molecule has 0 aromatic heterocycles. The first-order valence-corrected chi connectivity index (χ1v) is 12.4. The van der Waals surface area contributed by atoms with Gasteiger partial charge in [-0.05, 0) is 78.8 Å². The lowest BCUT2D eigenvalue weighted by atomic mass is 9.82. The molecule has 0 bridgehead atoms. The molecule has 4 rings (SSSR count). The molecular formula is C30H30F4O2. The van der Waals surface area contributed by atoms with Crippen LogP contribution in [0, 0.1) is 29.2 Å². The molecule has 0 aliphatic heterocycles. The third-order valence-corrected chi connectivity index (χ3v) is 7.10. The molecule has 1 aliphatic rings. The number of aliphatic hydroxyl groups is 1. The van der Waals surface area contributed by atoms with Crippen molar-refractivity contribution in [3.8, 4) is 16.9 Å². The highest BCUT2D eigenvalue weighted by Crippen LogP contribution is 2.35. The lowest BCUT2D eigenvalue weighted by Gasteiger charge is -2.26. The van der Waals surface area contributed by atoms with Crippen LogP contribution < -0.4 is 0 Å². The molecule has 0 fully saturated rings. The summed E-state index contributed by atoms with van der Waals surface area (Å²) in [5.41, 5.74) is 2.66. The van der Waals surface area contributed by atoms with Gasteiger partial charge in [0.1, 0.15) is 0 Å². The van der Waals surface area contributed by atoms with Crippen LogP contribution in [0.25, 0.3) is 16.7 Å². The fraction of sp³-hybridized carbons (Fsp3) is 0.333. The quantitative estimate of drug-likeness (QED) is 0.312. The molecule has 0 saturated carbocycles. The van der Waals surface area contributed by atoms with E-state index in [1.807, 2.05) is 13.0 Å². The Bertz CT molecular complexity index is 1250. The fourth-order valence-corrected chi connectivity index (χ4v) is 4.90. The monoisotopic (exact) mass is 498 g/mol. The van der Waals surface area contributed by atoms with Crippen molar-refractivity contribution in [3.05, 3.63) is 94.6 Å². The van der Waals surface area contributed by atoms with E-state index in [1.165, 1.54) is 6.07 Å². The van der Waals surface area contributed by atoms with Crippen molar-refractivity contribution in [1.29, 1.82) is 0 Å². The van der Waals surface area contributed by atoms with Crippen LogP contribution in [0.15, 0.2) is 54.6 Å². The average Bonchev–Trinajstić information content (AvgIpc) is 2.89. The lowest BCUT2D eigenvalue weighted by Crippen LogP contribution is -2.22. The summed E-state index contributed by atoms with van der Waals surface area (Å²) in [6.07, 6.45) is 6.00. The smallest absolute Gasteiger partial charge is 0.200 e. The van der Waals surface area contributed by atoms with Gasteiger partial charge >= 0.3 is 0 Å². The van der Waals surface area contributed by atoms with E-state index < -0.39 is 29.0 Å². The normalized spacial score (nSPS) is 16.6.